The van der Waals surface area contributed by atoms with Crippen LogP contribution in [0.2, 0.25) is 0 Å². The van der Waals surface area contributed by atoms with Gasteiger partial charge in [-0.3, -0.25) is 0 Å². The quantitative estimate of drug-likeness (QED) is 0.868. The van der Waals surface area contributed by atoms with Crippen molar-refractivity contribution in [3.63, 3.8) is 0 Å². The minimum absolute atomic E-state index is 0.595. The van der Waals surface area contributed by atoms with Crippen LogP contribution in [0.5, 0.6) is 0 Å². The largest absolute Gasteiger partial charge is 0.330 e. The first-order chi connectivity index (χ1) is 8.76. The average molecular weight is 249 g/mol. The first-order valence-electron chi connectivity index (χ1n) is 7.51. The Morgan fingerprint density at radius 3 is 2.94 bits per heavy atom. The second-order valence-corrected chi connectivity index (χ2v) is 5.65. The third-order valence-corrected chi connectivity index (χ3v) is 4.12. The molecular weight excluding hydrogens is 222 g/mol. The van der Waals surface area contributed by atoms with Gasteiger partial charge >= 0.3 is 0 Å². The maximum absolute atomic E-state index is 4.54. The molecule has 1 N–H and O–H groups in total. The van der Waals surface area contributed by atoms with Crippen molar-refractivity contribution in [3.8, 4) is 0 Å². The van der Waals surface area contributed by atoms with Crippen molar-refractivity contribution in [3.05, 3.63) is 18.2 Å². The van der Waals surface area contributed by atoms with Crippen LogP contribution in [0.3, 0.4) is 0 Å². The highest BCUT2D eigenvalue weighted by Crippen LogP contribution is 2.33. The van der Waals surface area contributed by atoms with Crippen LogP contribution in [0, 0.1) is 5.92 Å². The van der Waals surface area contributed by atoms with Crippen LogP contribution in [-0.2, 0) is 6.42 Å². The van der Waals surface area contributed by atoms with Gasteiger partial charge in [-0.15, -0.1) is 0 Å². The predicted octanol–water partition coefficient (Wildman–Crippen LogP) is 3.17. The number of aromatic nitrogens is 2. The molecule has 0 bridgehead atoms. The van der Waals surface area contributed by atoms with Crippen molar-refractivity contribution >= 4 is 0 Å². The Morgan fingerprint density at radius 1 is 1.39 bits per heavy atom. The Hall–Kier alpha value is -0.830. The van der Waals surface area contributed by atoms with E-state index in [2.05, 4.69) is 41.8 Å². The van der Waals surface area contributed by atoms with E-state index in [0.29, 0.717) is 12.1 Å². The molecule has 1 heterocycles. The summed E-state index contributed by atoms with van der Waals surface area (Å²) in [7, 11) is 0. The summed E-state index contributed by atoms with van der Waals surface area (Å²) in [5.74, 6) is 2.10. The van der Waals surface area contributed by atoms with E-state index in [-0.39, 0.29) is 0 Å². The molecule has 3 unspecified atom stereocenters. The first-order valence-corrected chi connectivity index (χ1v) is 7.51. The molecule has 0 saturated heterocycles. The Kier molecular flexibility index (Phi) is 4.81. The van der Waals surface area contributed by atoms with Gasteiger partial charge in [0.2, 0.25) is 0 Å². The standard InChI is InChI=1S/C15H27N3/c1-4-6-15-17-9-10-18(15)14-11-12(3)7-8-13(14)16-5-2/h9-10,12-14,16H,4-8,11H2,1-3H3. The summed E-state index contributed by atoms with van der Waals surface area (Å²) < 4.78 is 2.44. The molecule has 18 heavy (non-hydrogen) atoms. The van der Waals surface area contributed by atoms with E-state index in [1.54, 1.807) is 0 Å². The SMILES string of the molecule is CCCc1nccn1C1CC(C)CCC1NCC. The topological polar surface area (TPSA) is 29.9 Å². The monoisotopic (exact) mass is 249 g/mol. The highest BCUT2D eigenvalue weighted by molar-refractivity contribution is 5.00. The molecule has 1 aliphatic rings. The molecule has 1 fully saturated rings. The zero-order valence-electron chi connectivity index (χ0n) is 12.0. The van der Waals surface area contributed by atoms with Crippen LogP contribution in [-0.4, -0.2) is 22.1 Å². The van der Waals surface area contributed by atoms with Gasteiger partial charge in [0.25, 0.3) is 0 Å². The van der Waals surface area contributed by atoms with Crippen LogP contribution in [0.25, 0.3) is 0 Å². The first kappa shape index (κ1) is 13.6. The van der Waals surface area contributed by atoms with Gasteiger partial charge in [0.05, 0.1) is 6.04 Å². The molecule has 0 amide bonds. The molecule has 102 valence electrons. The maximum Gasteiger partial charge on any atom is 0.108 e. The third-order valence-electron chi connectivity index (χ3n) is 4.12. The highest BCUT2D eigenvalue weighted by atomic mass is 15.1. The van der Waals surface area contributed by atoms with Gasteiger partial charge in [0.15, 0.2) is 0 Å². The zero-order chi connectivity index (χ0) is 13.0. The number of hydrogen-bond donors (Lipinski definition) is 1. The minimum Gasteiger partial charge on any atom is -0.330 e. The van der Waals surface area contributed by atoms with E-state index >= 15 is 0 Å². The number of nitrogens with one attached hydrogen (secondary N) is 1. The lowest BCUT2D eigenvalue weighted by Crippen LogP contribution is -2.41. The van der Waals surface area contributed by atoms with Crippen LogP contribution in [0.15, 0.2) is 12.4 Å². The molecular formula is C15H27N3. The molecule has 3 nitrogen and oxygen atoms in total. The zero-order valence-corrected chi connectivity index (χ0v) is 12.0. The van der Waals surface area contributed by atoms with Gasteiger partial charge in [0.1, 0.15) is 5.82 Å². The average Bonchev–Trinajstić information content (AvgIpc) is 2.80. The number of hydrogen-bond acceptors (Lipinski definition) is 2. The van der Waals surface area contributed by atoms with E-state index in [9.17, 15) is 0 Å². The number of rotatable bonds is 5. The molecule has 0 spiro atoms. The Labute approximate surface area is 111 Å². The summed E-state index contributed by atoms with van der Waals surface area (Å²) >= 11 is 0. The van der Waals surface area contributed by atoms with Crippen molar-refractivity contribution in [1.82, 2.24) is 14.9 Å². The van der Waals surface area contributed by atoms with E-state index in [4.69, 9.17) is 0 Å². The molecule has 2 rings (SSSR count). The fraction of sp³-hybridized carbons (Fsp3) is 0.800. The van der Waals surface area contributed by atoms with Crippen molar-refractivity contribution < 1.29 is 0 Å². The molecule has 3 atom stereocenters. The van der Waals surface area contributed by atoms with Crippen LogP contribution in [0.4, 0.5) is 0 Å². The predicted molar refractivity (Wildman–Crippen MR) is 75.7 cm³/mol. The van der Waals surface area contributed by atoms with Gasteiger partial charge in [0, 0.05) is 24.9 Å². The van der Waals surface area contributed by atoms with Gasteiger partial charge in [-0.2, -0.15) is 0 Å². The Bertz CT molecular complexity index is 358. The summed E-state index contributed by atoms with van der Waals surface area (Å²) in [6, 6.07) is 1.22. The van der Waals surface area contributed by atoms with E-state index in [1.807, 2.05) is 6.20 Å². The number of imidazole rings is 1. The van der Waals surface area contributed by atoms with Crippen molar-refractivity contribution in [2.45, 2.75) is 65.0 Å². The van der Waals surface area contributed by atoms with Crippen molar-refractivity contribution in [1.29, 1.82) is 0 Å². The lowest BCUT2D eigenvalue weighted by molar-refractivity contribution is 0.214. The van der Waals surface area contributed by atoms with E-state index < -0.39 is 0 Å². The summed E-state index contributed by atoms with van der Waals surface area (Å²) in [6.07, 6.45) is 10.3. The number of aryl methyl sites for hydroxylation is 1. The number of likely N-dealkylation sites (N-methyl/N-ethyl adjacent to an activating group) is 1. The highest BCUT2D eigenvalue weighted by Gasteiger charge is 2.30. The van der Waals surface area contributed by atoms with E-state index in [1.165, 1.54) is 31.5 Å². The lowest BCUT2D eigenvalue weighted by Gasteiger charge is -2.37. The fourth-order valence-electron chi connectivity index (χ4n) is 3.22. The third kappa shape index (κ3) is 2.94. The summed E-state index contributed by atoms with van der Waals surface area (Å²) in [5.41, 5.74) is 0. The lowest BCUT2D eigenvalue weighted by atomic mass is 9.83. The maximum atomic E-state index is 4.54. The molecule has 0 aliphatic heterocycles. The number of nitrogens with zero attached hydrogens (tertiary/aromatic N) is 2. The molecule has 1 aromatic rings. The van der Waals surface area contributed by atoms with Gasteiger partial charge < -0.3 is 9.88 Å². The van der Waals surface area contributed by atoms with E-state index in [0.717, 1.165) is 18.9 Å². The second kappa shape index (κ2) is 6.37. The van der Waals surface area contributed by atoms with Crippen molar-refractivity contribution in [2.24, 2.45) is 5.92 Å². The summed E-state index contributed by atoms with van der Waals surface area (Å²) in [6.45, 7) is 7.87. The molecule has 1 aliphatic carbocycles. The molecule has 0 aromatic carbocycles. The van der Waals surface area contributed by atoms with Gasteiger partial charge in [-0.05, 0) is 38.1 Å². The van der Waals surface area contributed by atoms with Gasteiger partial charge in [-0.1, -0.05) is 20.8 Å². The molecule has 1 saturated carbocycles. The molecule has 0 radical (unpaired) electrons. The Balaban J connectivity index is 2.17. The summed E-state index contributed by atoms with van der Waals surface area (Å²) in [4.78, 5) is 4.54. The van der Waals surface area contributed by atoms with Gasteiger partial charge in [-0.25, -0.2) is 4.98 Å². The Morgan fingerprint density at radius 2 is 2.22 bits per heavy atom. The smallest absolute Gasteiger partial charge is 0.108 e. The van der Waals surface area contributed by atoms with Crippen LogP contribution < -0.4 is 5.32 Å². The summed E-state index contributed by atoms with van der Waals surface area (Å²) in [5, 5.41) is 3.66. The minimum atomic E-state index is 0.595. The fourth-order valence-corrected chi connectivity index (χ4v) is 3.22. The van der Waals surface area contributed by atoms with Crippen LogP contribution in [0.1, 0.15) is 58.3 Å². The normalized spacial score (nSPS) is 28.5. The molecule has 1 aromatic heterocycles. The molecule has 3 heteroatoms. The second-order valence-electron chi connectivity index (χ2n) is 5.65. The van der Waals surface area contributed by atoms with Crippen molar-refractivity contribution in [2.75, 3.05) is 6.54 Å². The van der Waals surface area contributed by atoms with Crippen LogP contribution >= 0.6 is 0 Å².